The van der Waals surface area contributed by atoms with Crippen LogP contribution in [0.1, 0.15) is 66.7 Å². The van der Waals surface area contributed by atoms with E-state index in [0.717, 1.165) is 19.3 Å². The lowest BCUT2D eigenvalue weighted by atomic mass is 9.76. The van der Waals surface area contributed by atoms with Crippen molar-refractivity contribution in [2.75, 3.05) is 0 Å². The average molecular weight is 230 g/mol. The summed E-state index contributed by atoms with van der Waals surface area (Å²) in [5.41, 5.74) is 0. The second-order valence-electron chi connectivity index (χ2n) is 4.80. The molecule has 0 saturated heterocycles. The zero-order chi connectivity index (χ0) is 11.9. The molecule has 90 valence electrons. The van der Waals surface area contributed by atoms with Gasteiger partial charge in [0.15, 0.2) is 8.46 Å². The highest BCUT2D eigenvalue weighted by molar-refractivity contribution is 7.26. The first-order valence-corrected chi connectivity index (χ1v) is 7.24. The maximum absolute atomic E-state index is 11.6. The lowest BCUT2D eigenvalue weighted by Crippen LogP contribution is -2.37. The van der Waals surface area contributed by atoms with Gasteiger partial charge in [-0.2, -0.15) is 0 Å². The SMILES string of the molecule is CCCCC(P=O)(C(C)CC)C(C)CC. The van der Waals surface area contributed by atoms with Gasteiger partial charge in [-0.25, -0.2) is 0 Å². The van der Waals surface area contributed by atoms with E-state index in [0.29, 0.717) is 20.3 Å². The second-order valence-corrected chi connectivity index (χ2v) is 5.82. The summed E-state index contributed by atoms with van der Waals surface area (Å²) in [5.74, 6) is 1.11. The van der Waals surface area contributed by atoms with Gasteiger partial charge in [0.1, 0.15) is 0 Å². The zero-order valence-electron chi connectivity index (χ0n) is 11.0. The standard InChI is InChI=1S/C13H27OP/c1-6-9-10-13(15-14,11(4)7-2)12(5)8-3/h11-12H,6-10H2,1-5H3. The van der Waals surface area contributed by atoms with Crippen molar-refractivity contribution in [3.05, 3.63) is 0 Å². The molecule has 0 aromatic carbocycles. The summed E-state index contributed by atoms with van der Waals surface area (Å²) in [6.07, 6.45) is 5.76. The van der Waals surface area contributed by atoms with E-state index in [4.69, 9.17) is 0 Å². The second kappa shape index (κ2) is 7.39. The van der Waals surface area contributed by atoms with Crippen LogP contribution in [0, 0.1) is 11.8 Å². The summed E-state index contributed by atoms with van der Waals surface area (Å²) >= 11 is 0. The van der Waals surface area contributed by atoms with Crippen LogP contribution in [-0.2, 0) is 4.57 Å². The topological polar surface area (TPSA) is 17.1 Å². The fourth-order valence-corrected chi connectivity index (χ4v) is 3.35. The number of unbranched alkanes of at least 4 members (excludes halogenated alkanes) is 1. The Bertz CT molecular complexity index is 169. The van der Waals surface area contributed by atoms with Gasteiger partial charge in [0.25, 0.3) is 0 Å². The predicted molar refractivity (Wildman–Crippen MR) is 68.8 cm³/mol. The van der Waals surface area contributed by atoms with Crippen molar-refractivity contribution in [1.82, 2.24) is 0 Å². The molecule has 15 heavy (non-hydrogen) atoms. The third-order valence-electron chi connectivity index (χ3n) is 4.03. The first kappa shape index (κ1) is 15.1. The van der Waals surface area contributed by atoms with Gasteiger partial charge in [0, 0.05) is 0 Å². The Kier molecular flexibility index (Phi) is 7.44. The van der Waals surface area contributed by atoms with E-state index in [1.54, 1.807) is 0 Å². The summed E-state index contributed by atoms with van der Waals surface area (Å²) in [6.45, 7) is 11.1. The third kappa shape index (κ3) is 3.55. The van der Waals surface area contributed by atoms with Gasteiger partial charge in [0.2, 0.25) is 0 Å². The van der Waals surface area contributed by atoms with Crippen molar-refractivity contribution in [2.45, 2.75) is 71.9 Å². The Hall–Kier alpha value is 0.100. The van der Waals surface area contributed by atoms with Gasteiger partial charge in [-0.05, 0) is 18.3 Å². The third-order valence-corrected chi connectivity index (χ3v) is 5.48. The van der Waals surface area contributed by atoms with Crippen molar-refractivity contribution in [3.63, 3.8) is 0 Å². The van der Waals surface area contributed by atoms with Crippen LogP contribution in [0.5, 0.6) is 0 Å². The minimum atomic E-state index is 0.0273. The molecular formula is C13H27OP. The molecule has 0 aromatic rings. The van der Waals surface area contributed by atoms with Gasteiger partial charge >= 0.3 is 0 Å². The van der Waals surface area contributed by atoms with Crippen LogP contribution in [0.4, 0.5) is 0 Å². The molecule has 0 aliphatic rings. The molecule has 0 bridgehead atoms. The normalized spacial score (nSPS) is 19.8. The molecule has 0 N–H and O–H groups in total. The first-order chi connectivity index (χ1) is 7.08. The lowest BCUT2D eigenvalue weighted by Gasteiger charge is -2.38. The maximum atomic E-state index is 11.6. The van der Waals surface area contributed by atoms with Crippen LogP contribution in [0.25, 0.3) is 0 Å². The van der Waals surface area contributed by atoms with Crippen molar-refractivity contribution in [2.24, 2.45) is 11.8 Å². The Morgan fingerprint density at radius 3 is 1.80 bits per heavy atom. The van der Waals surface area contributed by atoms with Crippen LogP contribution < -0.4 is 0 Å². The molecule has 0 heterocycles. The van der Waals surface area contributed by atoms with E-state index < -0.39 is 0 Å². The zero-order valence-corrected chi connectivity index (χ0v) is 11.9. The first-order valence-electron chi connectivity index (χ1n) is 6.43. The van der Waals surface area contributed by atoms with E-state index in [-0.39, 0.29) is 5.16 Å². The van der Waals surface area contributed by atoms with Crippen LogP contribution in [-0.4, -0.2) is 5.16 Å². The Balaban J connectivity index is 4.82. The highest BCUT2D eigenvalue weighted by atomic mass is 31.1. The molecule has 0 radical (unpaired) electrons. The Labute approximate surface area is 97.2 Å². The van der Waals surface area contributed by atoms with Gasteiger partial charge < -0.3 is 0 Å². The van der Waals surface area contributed by atoms with Crippen LogP contribution >= 0.6 is 8.46 Å². The highest BCUT2D eigenvalue weighted by Crippen LogP contribution is 2.45. The average Bonchev–Trinajstić information content (AvgIpc) is 2.29. The lowest BCUT2D eigenvalue weighted by molar-refractivity contribution is 0.255. The molecule has 0 aliphatic heterocycles. The minimum absolute atomic E-state index is 0.0273. The predicted octanol–water partition coefficient (Wildman–Crippen LogP) is 5.30. The number of rotatable bonds is 8. The smallest absolute Gasteiger partial charge is 0.162 e. The fraction of sp³-hybridized carbons (Fsp3) is 1.00. The largest absolute Gasteiger partial charge is 0.274 e. The van der Waals surface area contributed by atoms with Crippen molar-refractivity contribution < 1.29 is 4.57 Å². The minimum Gasteiger partial charge on any atom is -0.274 e. The molecule has 0 rings (SSSR count). The highest BCUT2D eigenvalue weighted by Gasteiger charge is 2.40. The summed E-state index contributed by atoms with van der Waals surface area (Å²) in [5, 5.41) is 0.0273. The summed E-state index contributed by atoms with van der Waals surface area (Å²) < 4.78 is 11.6. The maximum Gasteiger partial charge on any atom is 0.162 e. The molecule has 2 atom stereocenters. The monoisotopic (exact) mass is 230 g/mol. The van der Waals surface area contributed by atoms with Crippen LogP contribution in [0.2, 0.25) is 0 Å². The molecule has 0 amide bonds. The van der Waals surface area contributed by atoms with Gasteiger partial charge in [-0.1, -0.05) is 60.3 Å². The van der Waals surface area contributed by atoms with Gasteiger partial charge in [-0.3, -0.25) is 4.57 Å². The van der Waals surface area contributed by atoms with Crippen molar-refractivity contribution >= 4 is 8.46 Å². The quantitative estimate of drug-likeness (QED) is 0.517. The molecule has 0 saturated carbocycles. The van der Waals surface area contributed by atoms with Crippen molar-refractivity contribution in [3.8, 4) is 0 Å². The summed E-state index contributed by atoms with van der Waals surface area (Å²) in [7, 11) is 0.363. The Morgan fingerprint density at radius 1 is 1.07 bits per heavy atom. The molecule has 2 heteroatoms. The summed E-state index contributed by atoms with van der Waals surface area (Å²) in [6, 6.07) is 0. The van der Waals surface area contributed by atoms with E-state index in [1.165, 1.54) is 12.8 Å². The Morgan fingerprint density at radius 2 is 1.53 bits per heavy atom. The molecule has 0 spiro atoms. The van der Waals surface area contributed by atoms with E-state index in [9.17, 15) is 4.57 Å². The van der Waals surface area contributed by atoms with Gasteiger partial charge in [0.05, 0.1) is 5.16 Å². The van der Waals surface area contributed by atoms with Gasteiger partial charge in [-0.15, -0.1) is 0 Å². The molecule has 0 fully saturated rings. The molecular weight excluding hydrogens is 203 g/mol. The molecule has 0 aliphatic carbocycles. The van der Waals surface area contributed by atoms with Crippen LogP contribution in [0.3, 0.4) is 0 Å². The van der Waals surface area contributed by atoms with Crippen molar-refractivity contribution in [1.29, 1.82) is 0 Å². The van der Waals surface area contributed by atoms with Crippen LogP contribution in [0.15, 0.2) is 0 Å². The van der Waals surface area contributed by atoms with E-state index >= 15 is 0 Å². The fourth-order valence-electron chi connectivity index (χ4n) is 2.37. The molecule has 1 nitrogen and oxygen atoms in total. The van der Waals surface area contributed by atoms with E-state index in [1.807, 2.05) is 0 Å². The number of hydrogen-bond donors (Lipinski definition) is 0. The summed E-state index contributed by atoms with van der Waals surface area (Å²) in [4.78, 5) is 0. The molecule has 0 aromatic heterocycles. The number of hydrogen-bond acceptors (Lipinski definition) is 1. The molecule has 2 unspecified atom stereocenters. The van der Waals surface area contributed by atoms with E-state index in [2.05, 4.69) is 34.6 Å².